The minimum atomic E-state index is -0.541. The molecule has 0 radical (unpaired) electrons. The number of hydrogen-bond acceptors (Lipinski definition) is 3. The van der Waals surface area contributed by atoms with E-state index in [1.165, 1.54) is 12.1 Å². The summed E-state index contributed by atoms with van der Waals surface area (Å²) in [6.45, 7) is 4.01. The summed E-state index contributed by atoms with van der Waals surface area (Å²) in [4.78, 5) is 16.3. The van der Waals surface area contributed by atoms with E-state index in [2.05, 4.69) is 16.8 Å². The molecule has 1 aliphatic heterocycles. The standard InChI is InChI=1S/C13H16ClFN2O/c1-16-4-6-17(7-5-16)9-13(18)10-2-3-11(14)12(15)8-10/h2-3,8H,4-7,9H2,1H3. The maximum atomic E-state index is 13.3. The van der Waals surface area contributed by atoms with Crippen molar-refractivity contribution >= 4 is 17.4 Å². The van der Waals surface area contributed by atoms with Crippen LogP contribution in [0.1, 0.15) is 10.4 Å². The van der Waals surface area contributed by atoms with Crippen LogP contribution in [0.25, 0.3) is 0 Å². The summed E-state index contributed by atoms with van der Waals surface area (Å²) in [5.74, 6) is -0.601. The van der Waals surface area contributed by atoms with Gasteiger partial charge >= 0.3 is 0 Å². The summed E-state index contributed by atoms with van der Waals surface area (Å²) in [5, 5.41) is 0.0474. The van der Waals surface area contributed by atoms with E-state index in [1.54, 1.807) is 6.07 Å². The van der Waals surface area contributed by atoms with Crippen molar-refractivity contribution in [1.29, 1.82) is 0 Å². The van der Waals surface area contributed by atoms with Crippen LogP contribution in [0.3, 0.4) is 0 Å². The molecule has 5 heteroatoms. The molecule has 2 rings (SSSR count). The van der Waals surface area contributed by atoms with Gasteiger partial charge in [-0.2, -0.15) is 0 Å². The zero-order valence-electron chi connectivity index (χ0n) is 10.3. The molecule has 1 saturated heterocycles. The third-order valence-corrected chi connectivity index (χ3v) is 3.51. The number of nitrogens with zero attached hydrogens (tertiary/aromatic N) is 2. The predicted molar refractivity (Wildman–Crippen MR) is 69.7 cm³/mol. The molecule has 0 amide bonds. The van der Waals surface area contributed by atoms with E-state index in [9.17, 15) is 9.18 Å². The van der Waals surface area contributed by atoms with Crippen molar-refractivity contribution < 1.29 is 9.18 Å². The molecular weight excluding hydrogens is 255 g/mol. The van der Waals surface area contributed by atoms with Gasteiger partial charge in [-0.1, -0.05) is 11.6 Å². The second-order valence-electron chi connectivity index (χ2n) is 4.63. The second-order valence-corrected chi connectivity index (χ2v) is 5.04. The fourth-order valence-electron chi connectivity index (χ4n) is 1.97. The van der Waals surface area contributed by atoms with Crippen molar-refractivity contribution in [3.05, 3.63) is 34.6 Å². The lowest BCUT2D eigenvalue weighted by Gasteiger charge is -2.31. The number of halogens is 2. The molecule has 18 heavy (non-hydrogen) atoms. The highest BCUT2D eigenvalue weighted by Gasteiger charge is 2.17. The van der Waals surface area contributed by atoms with Gasteiger partial charge < -0.3 is 4.90 Å². The number of rotatable bonds is 3. The summed E-state index contributed by atoms with van der Waals surface area (Å²) in [7, 11) is 2.06. The minimum Gasteiger partial charge on any atom is -0.304 e. The minimum absolute atomic E-state index is 0.0474. The lowest BCUT2D eigenvalue weighted by molar-refractivity contribution is 0.0876. The molecule has 1 fully saturated rings. The third-order valence-electron chi connectivity index (χ3n) is 3.20. The number of Topliss-reactive ketones (excluding diaryl/α,β-unsaturated/α-hetero) is 1. The van der Waals surface area contributed by atoms with Gasteiger partial charge in [0.15, 0.2) is 5.78 Å². The highest BCUT2D eigenvalue weighted by atomic mass is 35.5. The number of benzene rings is 1. The van der Waals surface area contributed by atoms with Gasteiger partial charge in [0.2, 0.25) is 0 Å². The Labute approximate surface area is 111 Å². The lowest BCUT2D eigenvalue weighted by Crippen LogP contribution is -2.46. The quantitative estimate of drug-likeness (QED) is 0.784. The molecule has 0 aliphatic carbocycles. The van der Waals surface area contributed by atoms with E-state index in [4.69, 9.17) is 11.6 Å². The van der Waals surface area contributed by atoms with E-state index in [0.717, 1.165) is 26.2 Å². The molecule has 0 spiro atoms. The number of hydrogen-bond donors (Lipinski definition) is 0. The van der Waals surface area contributed by atoms with Crippen LogP contribution in [0.2, 0.25) is 5.02 Å². The molecule has 0 aromatic heterocycles. The Hall–Kier alpha value is -0.970. The van der Waals surface area contributed by atoms with Crippen molar-refractivity contribution in [3.8, 4) is 0 Å². The van der Waals surface area contributed by atoms with E-state index in [1.807, 2.05) is 0 Å². The van der Waals surface area contributed by atoms with Crippen molar-refractivity contribution in [1.82, 2.24) is 9.80 Å². The summed E-state index contributed by atoms with van der Waals surface area (Å²) in [6.07, 6.45) is 0. The Morgan fingerprint density at radius 1 is 1.33 bits per heavy atom. The molecule has 3 nitrogen and oxygen atoms in total. The van der Waals surface area contributed by atoms with Crippen LogP contribution in [0.15, 0.2) is 18.2 Å². The fourth-order valence-corrected chi connectivity index (χ4v) is 2.09. The van der Waals surface area contributed by atoms with Crippen LogP contribution < -0.4 is 0 Å². The lowest BCUT2D eigenvalue weighted by atomic mass is 10.1. The average molecular weight is 271 g/mol. The second kappa shape index (κ2) is 5.78. The first-order chi connectivity index (χ1) is 8.56. The fraction of sp³-hybridized carbons (Fsp3) is 0.462. The van der Waals surface area contributed by atoms with Crippen molar-refractivity contribution in [2.75, 3.05) is 39.8 Å². The number of piperazine rings is 1. The number of carbonyl (C=O) groups excluding carboxylic acids is 1. The van der Waals surface area contributed by atoms with Crippen LogP contribution in [0.5, 0.6) is 0 Å². The van der Waals surface area contributed by atoms with Crippen LogP contribution in [0.4, 0.5) is 4.39 Å². The zero-order chi connectivity index (χ0) is 13.1. The van der Waals surface area contributed by atoms with E-state index < -0.39 is 5.82 Å². The molecule has 0 bridgehead atoms. The van der Waals surface area contributed by atoms with Gasteiger partial charge in [0.1, 0.15) is 5.82 Å². The Morgan fingerprint density at radius 2 is 2.00 bits per heavy atom. The normalized spacial score (nSPS) is 17.9. The Morgan fingerprint density at radius 3 is 2.61 bits per heavy atom. The highest BCUT2D eigenvalue weighted by Crippen LogP contribution is 2.16. The number of carbonyl (C=O) groups is 1. The van der Waals surface area contributed by atoms with Crippen LogP contribution in [-0.4, -0.2) is 55.4 Å². The summed E-state index contributed by atoms with van der Waals surface area (Å²) < 4.78 is 13.3. The van der Waals surface area contributed by atoms with Gasteiger partial charge in [-0.3, -0.25) is 9.69 Å². The molecular formula is C13H16ClFN2O. The maximum absolute atomic E-state index is 13.3. The van der Waals surface area contributed by atoms with E-state index in [-0.39, 0.29) is 10.8 Å². The monoisotopic (exact) mass is 270 g/mol. The predicted octanol–water partition coefficient (Wildman–Crippen LogP) is 1.91. The number of ketones is 1. The molecule has 1 heterocycles. The SMILES string of the molecule is CN1CCN(CC(=O)c2ccc(Cl)c(F)c2)CC1. The van der Waals surface area contributed by atoms with Crippen molar-refractivity contribution in [2.45, 2.75) is 0 Å². The molecule has 1 aliphatic rings. The Kier molecular flexibility index (Phi) is 4.32. The van der Waals surface area contributed by atoms with Gasteiger partial charge in [-0.25, -0.2) is 4.39 Å². The highest BCUT2D eigenvalue weighted by molar-refractivity contribution is 6.30. The van der Waals surface area contributed by atoms with E-state index >= 15 is 0 Å². The molecule has 98 valence electrons. The number of likely N-dealkylation sites (N-methyl/N-ethyl adjacent to an activating group) is 1. The van der Waals surface area contributed by atoms with Gasteiger partial charge in [0.25, 0.3) is 0 Å². The maximum Gasteiger partial charge on any atom is 0.176 e. The summed E-state index contributed by atoms with van der Waals surface area (Å²) in [6, 6.07) is 4.21. The van der Waals surface area contributed by atoms with Gasteiger partial charge in [-0.05, 0) is 25.2 Å². The molecule has 0 atom stereocenters. The average Bonchev–Trinajstić information content (AvgIpc) is 2.35. The molecule has 0 unspecified atom stereocenters. The van der Waals surface area contributed by atoms with Gasteiger partial charge in [-0.15, -0.1) is 0 Å². The van der Waals surface area contributed by atoms with Gasteiger partial charge in [0.05, 0.1) is 11.6 Å². The van der Waals surface area contributed by atoms with E-state index in [0.29, 0.717) is 12.1 Å². The molecule has 1 aromatic rings. The first kappa shape index (κ1) is 13.5. The summed E-state index contributed by atoms with van der Waals surface area (Å²) >= 11 is 5.59. The smallest absolute Gasteiger partial charge is 0.176 e. The van der Waals surface area contributed by atoms with Crippen LogP contribution >= 0.6 is 11.6 Å². The topological polar surface area (TPSA) is 23.6 Å². The Balaban J connectivity index is 1.97. The molecule has 0 saturated carbocycles. The van der Waals surface area contributed by atoms with Crippen molar-refractivity contribution in [2.24, 2.45) is 0 Å². The van der Waals surface area contributed by atoms with Crippen LogP contribution in [-0.2, 0) is 0 Å². The van der Waals surface area contributed by atoms with Crippen molar-refractivity contribution in [3.63, 3.8) is 0 Å². The van der Waals surface area contributed by atoms with Crippen LogP contribution in [0, 0.1) is 5.82 Å². The molecule has 1 aromatic carbocycles. The van der Waals surface area contributed by atoms with Gasteiger partial charge in [0, 0.05) is 31.7 Å². The Bertz CT molecular complexity index is 445. The third kappa shape index (κ3) is 3.28. The first-order valence-electron chi connectivity index (χ1n) is 5.95. The largest absolute Gasteiger partial charge is 0.304 e. The molecule has 0 N–H and O–H groups in total. The summed E-state index contributed by atoms with van der Waals surface area (Å²) in [5.41, 5.74) is 0.385. The zero-order valence-corrected chi connectivity index (χ0v) is 11.1. The first-order valence-corrected chi connectivity index (χ1v) is 6.33.